The van der Waals surface area contributed by atoms with Gasteiger partial charge in [-0.25, -0.2) is 0 Å². The van der Waals surface area contributed by atoms with Gasteiger partial charge in [-0.15, -0.1) is 0 Å². The summed E-state index contributed by atoms with van der Waals surface area (Å²) in [6.07, 6.45) is 3.21. The van der Waals surface area contributed by atoms with Crippen molar-refractivity contribution in [2.24, 2.45) is 0 Å². The van der Waals surface area contributed by atoms with Crippen molar-refractivity contribution in [1.82, 2.24) is 10.6 Å². The van der Waals surface area contributed by atoms with Gasteiger partial charge in [-0.2, -0.15) is 0 Å². The van der Waals surface area contributed by atoms with Crippen molar-refractivity contribution >= 4 is 17.9 Å². The first-order valence-electron chi connectivity index (χ1n) is 6.04. The molecule has 0 atom stereocenters. The van der Waals surface area contributed by atoms with Crippen LogP contribution in [-0.2, 0) is 9.59 Å². The zero-order chi connectivity index (χ0) is 14.1. The fourth-order valence-electron chi connectivity index (χ4n) is 1.31. The monoisotopic (exact) mass is 258 g/mol. The molecule has 0 aliphatic rings. The molecular formula is C15H18N2O2. The van der Waals surface area contributed by atoms with Crippen LogP contribution in [0.25, 0.3) is 6.08 Å². The minimum absolute atomic E-state index is 0.187. The topological polar surface area (TPSA) is 58.2 Å². The Hall–Kier alpha value is -2.36. The van der Waals surface area contributed by atoms with E-state index in [9.17, 15) is 9.59 Å². The van der Waals surface area contributed by atoms with Crippen LogP contribution in [-0.4, -0.2) is 24.9 Å². The number of hydrogen-bond donors (Lipinski definition) is 2. The summed E-state index contributed by atoms with van der Waals surface area (Å²) in [5.41, 5.74) is 1.42. The molecule has 0 aliphatic heterocycles. The van der Waals surface area contributed by atoms with Gasteiger partial charge >= 0.3 is 0 Å². The standard InChI is InChI=1S/C15H18N2O2/c1-12(2)15(19)17-11-10-16-14(18)9-8-13-6-4-3-5-7-13/h3-9H,1,10-11H2,2H3,(H,16,18)(H,17,19)/b9-8+. The molecule has 0 spiro atoms. The van der Waals surface area contributed by atoms with Crippen molar-refractivity contribution in [3.63, 3.8) is 0 Å². The largest absolute Gasteiger partial charge is 0.351 e. The lowest BCUT2D eigenvalue weighted by atomic mass is 10.2. The quantitative estimate of drug-likeness (QED) is 0.600. The number of carbonyl (C=O) groups is 2. The summed E-state index contributed by atoms with van der Waals surface area (Å²) in [4.78, 5) is 22.6. The van der Waals surface area contributed by atoms with Crippen molar-refractivity contribution in [1.29, 1.82) is 0 Å². The van der Waals surface area contributed by atoms with Crippen LogP contribution in [0.15, 0.2) is 48.6 Å². The Kier molecular flexibility index (Phi) is 6.09. The van der Waals surface area contributed by atoms with Gasteiger partial charge in [-0.1, -0.05) is 36.9 Å². The van der Waals surface area contributed by atoms with Crippen molar-refractivity contribution in [3.8, 4) is 0 Å². The summed E-state index contributed by atoms with van der Waals surface area (Å²) < 4.78 is 0. The predicted octanol–water partition coefficient (Wildman–Crippen LogP) is 1.51. The Labute approximate surface area is 113 Å². The Morgan fingerprint density at radius 1 is 1.16 bits per heavy atom. The van der Waals surface area contributed by atoms with E-state index in [-0.39, 0.29) is 11.8 Å². The molecule has 1 rings (SSSR count). The fraction of sp³-hybridized carbons (Fsp3) is 0.200. The number of carbonyl (C=O) groups excluding carboxylic acids is 2. The summed E-state index contributed by atoms with van der Waals surface area (Å²) in [6, 6.07) is 9.56. The molecule has 0 fully saturated rings. The van der Waals surface area contributed by atoms with Gasteiger partial charge in [-0.05, 0) is 18.6 Å². The van der Waals surface area contributed by atoms with Crippen LogP contribution in [0.2, 0.25) is 0 Å². The summed E-state index contributed by atoms with van der Waals surface area (Å²) in [6.45, 7) is 5.93. The van der Waals surface area contributed by atoms with E-state index < -0.39 is 0 Å². The molecule has 1 aromatic carbocycles. The summed E-state index contributed by atoms with van der Waals surface area (Å²) >= 11 is 0. The van der Waals surface area contributed by atoms with E-state index in [4.69, 9.17) is 0 Å². The van der Waals surface area contributed by atoms with Gasteiger partial charge in [0, 0.05) is 24.7 Å². The van der Waals surface area contributed by atoms with Crippen LogP contribution >= 0.6 is 0 Å². The molecule has 1 aromatic rings. The normalized spacial score (nSPS) is 10.2. The third-order valence-electron chi connectivity index (χ3n) is 2.32. The molecule has 0 saturated carbocycles. The highest BCUT2D eigenvalue weighted by Gasteiger charge is 2.00. The Morgan fingerprint density at radius 2 is 1.79 bits per heavy atom. The van der Waals surface area contributed by atoms with Gasteiger partial charge in [0.05, 0.1) is 0 Å². The lowest BCUT2D eigenvalue weighted by Gasteiger charge is -2.04. The van der Waals surface area contributed by atoms with E-state index in [1.54, 1.807) is 13.0 Å². The highest BCUT2D eigenvalue weighted by molar-refractivity contribution is 5.92. The van der Waals surface area contributed by atoms with Gasteiger partial charge in [-0.3, -0.25) is 9.59 Å². The van der Waals surface area contributed by atoms with Gasteiger partial charge in [0.15, 0.2) is 0 Å². The van der Waals surface area contributed by atoms with Crippen molar-refractivity contribution in [2.45, 2.75) is 6.92 Å². The zero-order valence-electron chi connectivity index (χ0n) is 11.0. The molecule has 4 nitrogen and oxygen atoms in total. The first-order chi connectivity index (χ1) is 9.09. The number of amides is 2. The van der Waals surface area contributed by atoms with Gasteiger partial charge in [0.2, 0.25) is 11.8 Å². The second-order valence-corrected chi connectivity index (χ2v) is 4.07. The molecule has 0 saturated heterocycles. The molecule has 100 valence electrons. The molecule has 2 amide bonds. The molecular weight excluding hydrogens is 240 g/mol. The number of benzene rings is 1. The van der Waals surface area contributed by atoms with E-state index in [1.165, 1.54) is 6.08 Å². The maximum absolute atomic E-state index is 11.5. The van der Waals surface area contributed by atoms with Crippen LogP contribution in [0.3, 0.4) is 0 Å². The SMILES string of the molecule is C=C(C)C(=O)NCCNC(=O)/C=C/c1ccccc1. The summed E-state index contributed by atoms with van der Waals surface area (Å²) in [7, 11) is 0. The van der Waals surface area contributed by atoms with Crippen LogP contribution < -0.4 is 10.6 Å². The second kappa shape index (κ2) is 7.87. The van der Waals surface area contributed by atoms with Crippen molar-refractivity contribution < 1.29 is 9.59 Å². The van der Waals surface area contributed by atoms with E-state index in [1.807, 2.05) is 30.3 Å². The number of rotatable bonds is 6. The first kappa shape index (κ1) is 14.7. The molecule has 0 heterocycles. The smallest absolute Gasteiger partial charge is 0.246 e. The number of hydrogen-bond acceptors (Lipinski definition) is 2. The molecule has 0 aromatic heterocycles. The maximum atomic E-state index is 11.5. The fourth-order valence-corrected chi connectivity index (χ4v) is 1.31. The first-order valence-corrected chi connectivity index (χ1v) is 6.04. The van der Waals surface area contributed by atoms with Gasteiger partial charge in [0.25, 0.3) is 0 Å². The second-order valence-electron chi connectivity index (χ2n) is 4.07. The van der Waals surface area contributed by atoms with Crippen molar-refractivity contribution in [3.05, 3.63) is 54.1 Å². The Bertz CT molecular complexity index is 478. The molecule has 0 bridgehead atoms. The molecule has 0 aliphatic carbocycles. The van der Waals surface area contributed by atoms with Crippen LogP contribution in [0.4, 0.5) is 0 Å². The minimum atomic E-state index is -0.200. The minimum Gasteiger partial charge on any atom is -0.351 e. The van der Waals surface area contributed by atoms with E-state index in [0.717, 1.165) is 5.56 Å². The molecule has 2 N–H and O–H groups in total. The summed E-state index contributed by atoms with van der Waals surface area (Å²) in [5, 5.41) is 5.31. The van der Waals surface area contributed by atoms with E-state index in [0.29, 0.717) is 18.7 Å². The summed E-state index contributed by atoms with van der Waals surface area (Å²) in [5.74, 6) is -0.387. The van der Waals surface area contributed by atoms with Gasteiger partial charge < -0.3 is 10.6 Å². The third kappa shape index (κ3) is 6.21. The zero-order valence-corrected chi connectivity index (χ0v) is 11.0. The van der Waals surface area contributed by atoms with Crippen molar-refractivity contribution in [2.75, 3.05) is 13.1 Å². The van der Waals surface area contributed by atoms with Crippen LogP contribution in [0.5, 0.6) is 0 Å². The van der Waals surface area contributed by atoms with Crippen LogP contribution in [0, 0.1) is 0 Å². The molecule has 4 heteroatoms. The number of nitrogens with one attached hydrogen (secondary N) is 2. The Balaban J connectivity index is 2.24. The lowest BCUT2D eigenvalue weighted by molar-refractivity contribution is -0.118. The van der Waals surface area contributed by atoms with E-state index in [2.05, 4.69) is 17.2 Å². The lowest BCUT2D eigenvalue weighted by Crippen LogP contribution is -2.34. The maximum Gasteiger partial charge on any atom is 0.246 e. The Morgan fingerprint density at radius 3 is 2.42 bits per heavy atom. The predicted molar refractivity (Wildman–Crippen MR) is 76.3 cm³/mol. The molecule has 0 unspecified atom stereocenters. The van der Waals surface area contributed by atoms with Gasteiger partial charge in [0.1, 0.15) is 0 Å². The average Bonchev–Trinajstić information content (AvgIpc) is 2.42. The highest BCUT2D eigenvalue weighted by Crippen LogP contribution is 2.00. The average molecular weight is 258 g/mol. The molecule has 19 heavy (non-hydrogen) atoms. The third-order valence-corrected chi connectivity index (χ3v) is 2.32. The van der Waals surface area contributed by atoms with Crippen LogP contribution in [0.1, 0.15) is 12.5 Å². The van der Waals surface area contributed by atoms with E-state index >= 15 is 0 Å². The molecule has 0 radical (unpaired) electrons. The highest BCUT2D eigenvalue weighted by atomic mass is 16.2.